The lowest BCUT2D eigenvalue weighted by Gasteiger charge is -2.31. The number of aromatic nitrogens is 3. The number of carbonyl (C=O) groups is 1. The lowest BCUT2D eigenvalue weighted by atomic mass is 9.95. The van der Waals surface area contributed by atoms with Gasteiger partial charge in [-0.15, -0.1) is 10.2 Å². The second-order valence-electron chi connectivity index (χ2n) is 7.45. The Bertz CT molecular complexity index is 572. The number of piperidine rings is 2. The molecule has 0 aliphatic carbocycles. The second-order valence-corrected chi connectivity index (χ2v) is 7.45. The van der Waals surface area contributed by atoms with Crippen molar-refractivity contribution in [3.63, 3.8) is 0 Å². The Labute approximate surface area is 150 Å². The zero-order valence-electron chi connectivity index (χ0n) is 15.5. The second kappa shape index (κ2) is 8.27. The minimum Gasteiger partial charge on any atom is -0.393 e. The van der Waals surface area contributed by atoms with Crippen LogP contribution in [0.2, 0.25) is 0 Å². The predicted molar refractivity (Wildman–Crippen MR) is 95.0 cm³/mol. The molecular formula is C18H31N5O2. The zero-order valence-corrected chi connectivity index (χ0v) is 15.5. The van der Waals surface area contributed by atoms with Crippen LogP contribution in [0.15, 0.2) is 0 Å². The molecule has 0 radical (unpaired) electrons. The van der Waals surface area contributed by atoms with E-state index in [1.807, 2.05) is 4.90 Å². The van der Waals surface area contributed by atoms with E-state index < -0.39 is 0 Å². The first-order valence-corrected chi connectivity index (χ1v) is 9.64. The highest BCUT2D eigenvalue weighted by molar-refractivity contribution is 5.76. The van der Waals surface area contributed by atoms with Crippen molar-refractivity contribution in [2.75, 3.05) is 26.2 Å². The normalized spacial score (nSPS) is 21.0. The van der Waals surface area contributed by atoms with Gasteiger partial charge in [-0.25, -0.2) is 0 Å². The van der Waals surface area contributed by atoms with Gasteiger partial charge in [0, 0.05) is 45.6 Å². The summed E-state index contributed by atoms with van der Waals surface area (Å²) in [5.74, 6) is 2.72. The molecule has 3 heterocycles. The first kappa shape index (κ1) is 18.3. The molecule has 0 aromatic carbocycles. The predicted octanol–water partition coefficient (Wildman–Crippen LogP) is 1.28. The molecule has 0 saturated carbocycles. The average molecular weight is 349 g/mol. The molecule has 7 heteroatoms. The molecule has 0 atom stereocenters. The van der Waals surface area contributed by atoms with Crippen LogP contribution in [0, 0.1) is 0 Å². The number of nitrogens with zero attached hydrogens (tertiary/aromatic N) is 5. The monoisotopic (exact) mass is 349 g/mol. The highest BCUT2D eigenvalue weighted by atomic mass is 16.3. The summed E-state index contributed by atoms with van der Waals surface area (Å²) in [6.07, 6.45) is 5.05. The SMILES string of the molecule is CCCC(=O)N1CCC(c2nnc(CN3CCC(O)CC3)n2C)CC1. The minimum atomic E-state index is -0.146. The highest BCUT2D eigenvalue weighted by Crippen LogP contribution is 2.27. The van der Waals surface area contributed by atoms with Gasteiger partial charge in [-0.2, -0.15) is 0 Å². The van der Waals surface area contributed by atoms with Crippen LogP contribution in [0.5, 0.6) is 0 Å². The van der Waals surface area contributed by atoms with E-state index in [1.165, 1.54) is 0 Å². The van der Waals surface area contributed by atoms with Crippen molar-refractivity contribution in [1.82, 2.24) is 24.6 Å². The molecule has 2 aliphatic heterocycles. The molecule has 2 fully saturated rings. The number of likely N-dealkylation sites (tertiary alicyclic amines) is 2. The van der Waals surface area contributed by atoms with Crippen LogP contribution in [0.4, 0.5) is 0 Å². The summed E-state index contributed by atoms with van der Waals surface area (Å²) in [5.41, 5.74) is 0. The van der Waals surface area contributed by atoms with E-state index >= 15 is 0 Å². The summed E-state index contributed by atoms with van der Waals surface area (Å²) in [7, 11) is 2.05. The van der Waals surface area contributed by atoms with Crippen molar-refractivity contribution in [3.05, 3.63) is 11.6 Å². The highest BCUT2D eigenvalue weighted by Gasteiger charge is 2.27. The van der Waals surface area contributed by atoms with Gasteiger partial charge in [0.25, 0.3) is 0 Å². The Kier molecular flexibility index (Phi) is 6.06. The number of aliphatic hydroxyl groups excluding tert-OH is 1. The summed E-state index contributed by atoms with van der Waals surface area (Å²) < 4.78 is 2.14. The van der Waals surface area contributed by atoms with E-state index in [-0.39, 0.29) is 12.0 Å². The van der Waals surface area contributed by atoms with E-state index in [4.69, 9.17) is 0 Å². The quantitative estimate of drug-likeness (QED) is 0.867. The molecule has 7 nitrogen and oxygen atoms in total. The molecule has 140 valence electrons. The summed E-state index contributed by atoms with van der Waals surface area (Å²) in [4.78, 5) is 16.4. The maximum Gasteiger partial charge on any atom is 0.222 e. The Morgan fingerprint density at radius 2 is 1.80 bits per heavy atom. The van der Waals surface area contributed by atoms with Crippen molar-refractivity contribution in [2.45, 2.75) is 64.0 Å². The third kappa shape index (κ3) is 4.39. The van der Waals surface area contributed by atoms with Gasteiger partial charge < -0.3 is 14.6 Å². The zero-order chi connectivity index (χ0) is 17.8. The number of amides is 1. The van der Waals surface area contributed by atoms with Crippen LogP contribution in [0.3, 0.4) is 0 Å². The van der Waals surface area contributed by atoms with Crippen molar-refractivity contribution in [2.24, 2.45) is 7.05 Å². The van der Waals surface area contributed by atoms with Crippen molar-refractivity contribution < 1.29 is 9.90 Å². The summed E-state index contributed by atoms with van der Waals surface area (Å²) >= 11 is 0. The van der Waals surface area contributed by atoms with Gasteiger partial charge >= 0.3 is 0 Å². The fourth-order valence-corrected chi connectivity index (χ4v) is 3.91. The van der Waals surface area contributed by atoms with E-state index in [2.05, 4.69) is 33.6 Å². The van der Waals surface area contributed by atoms with Crippen molar-refractivity contribution >= 4 is 5.91 Å². The summed E-state index contributed by atoms with van der Waals surface area (Å²) in [6, 6.07) is 0. The standard InChI is InChI=1S/C18H31N5O2/c1-3-4-17(25)23-11-5-14(6-12-23)18-20-19-16(21(18)2)13-22-9-7-15(24)8-10-22/h14-15,24H,3-13H2,1-2H3. The lowest BCUT2D eigenvalue weighted by Crippen LogP contribution is -2.38. The number of hydrogen-bond donors (Lipinski definition) is 1. The topological polar surface area (TPSA) is 74.5 Å². The first-order valence-electron chi connectivity index (χ1n) is 9.64. The van der Waals surface area contributed by atoms with Crippen molar-refractivity contribution in [3.8, 4) is 0 Å². The third-order valence-corrected chi connectivity index (χ3v) is 5.60. The molecule has 0 spiro atoms. The van der Waals surface area contributed by atoms with Crippen LogP contribution in [-0.4, -0.2) is 67.9 Å². The Hall–Kier alpha value is -1.47. The van der Waals surface area contributed by atoms with E-state index in [9.17, 15) is 9.90 Å². The number of aliphatic hydroxyl groups is 1. The van der Waals surface area contributed by atoms with Crippen LogP contribution in [0.25, 0.3) is 0 Å². The number of carbonyl (C=O) groups excluding carboxylic acids is 1. The minimum absolute atomic E-state index is 0.146. The molecule has 2 saturated heterocycles. The lowest BCUT2D eigenvalue weighted by molar-refractivity contribution is -0.132. The molecule has 3 rings (SSSR count). The van der Waals surface area contributed by atoms with Gasteiger partial charge in [0.05, 0.1) is 12.6 Å². The Morgan fingerprint density at radius 3 is 2.44 bits per heavy atom. The molecule has 2 aliphatic rings. The Balaban J connectivity index is 1.56. The molecule has 1 aromatic heterocycles. The van der Waals surface area contributed by atoms with Gasteiger partial charge in [0.2, 0.25) is 5.91 Å². The maximum atomic E-state index is 12.0. The molecular weight excluding hydrogens is 318 g/mol. The Morgan fingerprint density at radius 1 is 1.12 bits per heavy atom. The fraction of sp³-hybridized carbons (Fsp3) is 0.833. The van der Waals surface area contributed by atoms with E-state index in [0.717, 1.165) is 76.5 Å². The largest absolute Gasteiger partial charge is 0.393 e. The van der Waals surface area contributed by atoms with Gasteiger partial charge in [0.1, 0.15) is 11.6 Å². The van der Waals surface area contributed by atoms with Crippen LogP contribution in [-0.2, 0) is 18.4 Å². The van der Waals surface area contributed by atoms with Crippen LogP contribution in [0.1, 0.15) is 63.0 Å². The van der Waals surface area contributed by atoms with Crippen molar-refractivity contribution in [1.29, 1.82) is 0 Å². The van der Waals surface area contributed by atoms with Gasteiger partial charge in [-0.3, -0.25) is 9.69 Å². The van der Waals surface area contributed by atoms with Gasteiger partial charge in [-0.05, 0) is 32.1 Å². The molecule has 0 unspecified atom stereocenters. The van der Waals surface area contributed by atoms with Gasteiger partial charge in [0.15, 0.2) is 0 Å². The molecule has 0 bridgehead atoms. The summed E-state index contributed by atoms with van der Waals surface area (Å²) in [5, 5.41) is 18.5. The third-order valence-electron chi connectivity index (χ3n) is 5.60. The molecule has 1 amide bonds. The smallest absolute Gasteiger partial charge is 0.222 e. The van der Waals surface area contributed by atoms with Crippen LogP contribution < -0.4 is 0 Å². The fourth-order valence-electron chi connectivity index (χ4n) is 3.91. The van der Waals surface area contributed by atoms with Crippen LogP contribution >= 0.6 is 0 Å². The van der Waals surface area contributed by atoms with E-state index in [1.54, 1.807) is 0 Å². The van der Waals surface area contributed by atoms with Gasteiger partial charge in [-0.1, -0.05) is 6.92 Å². The number of hydrogen-bond acceptors (Lipinski definition) is 5. The number of rotatable bonds is 5. The molecule has 1 aromatic rings. The molecule has 25 heavy (non-hydrogen) atoms. The first-order chi connectivity index (χ1) is 12.1. The molecule has 1 N–H and O–H groups in total. The maximum absolute atomic E-state index is 12.0. The van der Waals surface area contributed by atoms with E-state index in [0.29, 0.717) is 12.3 Å². The average Bonchev–Trinajstić information content (AvgIpc) is 2.98. The summed E-state index contributed by atoms with van der Waals surface area (Å²) in [6.45, 7) is 6.34.